The van der Waals surface area contributed by atoms with E-state index in [1.54, 1.807) is 0 Å². The molecule has 11 heavy (non-hydrogen) atoms. The van der Waals surface area contributed by atoms with Crippen LogP contribution in [0.15, 0.2) is 0 Å². The standard InChI is InChI=1S/C9H13NO/c1-3-8(2)4-9(10-5-8)6-11-7-9/h1,10H,4-7H2,2H3. The average Bonchev–Trinajstić information content (AvgIpc) is 2.29. The molecule has 0 saturated carbocycles. The van der Waals surface area contributed by atoms with Gasteiger partial charge in [-0.3, -0.25) is 0 Å². The van der Waals surface area contributed by atoms with E-state index in [9.17, 15) is 0 Å². The van der Waals surface area contributed by atoms with Crippen LogP contribution in [0.2, 0.25) is 0 Å². The Labute approximate surface area is 67.3 Å². The van der Waals surface area contributed by atoms with Crippen molar-refractivity contribution in [2.45, 2.75) is 18.9 Å². The Morgan fingerprint density at radius 3 is 2.55 bits per heavy atom. The molecule has 2 heteroatoms. The fraction of sp³-hybridized carbons (Fsp3) is 0.778. The van der Waals surface area contributed by atoms with Crippen LogP contribution in [0, 0.1) is 17.8 Å². The van der Waals surface area contributed by atoms with Crippen molar-refractivity contribution < 1.29 is 4.74 Å². The van der Waals surface area contributed by atoms with Crippen molar-refractivity contribution in [3.63, 3.8) is 0 Å². The van der Waals surface area contributed by atoms with E-state index < -0.39 is 0 Å². The summed E-state index contributed by atoms with van der Waals surface area (Å²) in [6, 6.07) is 0. The molecule has 2 heterocycles. The maximum absolute atomic E-state index is 5.44. The zero-order valence-electron chi connectivity index (χ0n) is 6.81. The van der Waals surface area contributed by atoms with Crippen LogP contribution in [0.25, 0.3) is 0 Å². The average molecular weight is 151 g/mol. The topological polar surface area (TPSA) is 21.3 Å². The van der Waals surface area contributed by atoms with Gasteiger partial charge in [0.15, 0.2) is 0 Å². The first-order chi connectivity index (χ1) is 5.18. The van der Waals surface area contributed by atoms with Crippen molar-refractivity contribution in [3.05, 3.63) is 0 Å². The Kier molecular flexibility index (Phi) is 1.30. The van der Waals surface area contributed by atoms with Crippen molar-refractivity contribution in [2.24, 2.45) is 5.41 Å². The van der Waals surface area contributed by atoms with Gasteiger partial charge in [0.25, 0.3) is 0 Å². The predicted molar refractivity (Wildman–Crippen MR) is 43.1 cm³/mol. The second kappa shape index (κ2) is 2.00. The molecule has 0 aromatic rings. The minimum Gasteiger partial charge on any atom is -0.377 e. The van der Waals surface area contributed by atoms with Crippen LogP contribution in [-0.2, 0) is 4.74 Å². The van der Waals surface area contributed by atoms with Gasteiger partial charge in [-0.05, 0) is 13.3 Å². The number of hydrogen-bond donors (Lipinski definition) is 1. The summed E-state index contributed by atoms with van der Waals surface area (Å²) in [7, 11) is 0. The lowest BCUT2D eigenvalue weighted by Gasteiger charge is -2.38. The molecule has 2 nitrogen and oxygen atoms in total. The van der Waals surface area contributed by atoms with E-state index in [-0.39, 0.29) is 11.0 Å². The summed E-state index contributed by atoms with van der Waals surface area (Å²) < 4.78 is 5.17. The zero-order chi connectivity index (χ0) is 7.95. The van der Waals surface area contributed by atoms with Gasteiger partial charge in [0, 0.05) is 12.0 Å². The summed E-state index contributed by atoms with van der Waals surface area (Å²) in [6.45, 7) is 4.74. The molecule has 0 aromatic carbocycles. The highest BCUT2D eigenvalue weighted by Crippen LogP contribution is 2.38. The lowest BCUT2D eigenvalue weighted by atomic mass is 9.82. The van der Waals surface area contributed by atoms with Gasteiger partial charge < -0.3 is 10.1 Å². The van der Waals surface area contributed by atoms with Gasteiger partial charge >= 0.3 is 0 Å². The van der Waals surface area contributed by atoms with Crippen LogP contribution < -0.4 is 5.32 Å². The van der Waals surface area contributed by atoms with Crippen LogP contribution in [0.5, 0.6) is 0 Å². The molecule has 0 bridgehead atoms. The minimum absolute atomic E-state index is 0.0593. The fourth-order valence-electron chi connectivity index (χ4n) is 1.91. The molecule has 0 amide bonds. The zero-order valence-corrected chi connectivity index (χ0v) is 6.81. The summed E-state index contributed by atoms with van der Waals surface area (Å²) in [5, 5.41) is 3.44. The Morgan fingerprint density at radius 2 is 2.27 bits per heavy atom. The molecule has 60 valence electrons. The smallest absolute Gasteiger partial charge is 0.0672 e. The van der Waals surface area contributed by atoms with E-state index >= 15 is 0 Å². The van der Waals surface area contributed by atoms with Crippen molar-refractivity contribution in [1.82, 2.24) is 5.32 Å². The number of nitrogens with one attached hydrogen (secondary N) is 1. The molecule has 1 unspecified atom stereocenters. The van der Waals surface area contributed by atoms with E-state index in [1.807, 2.05) is 0 Å². The molecule has 1 spiro atoms. The predicted octanol–water partition coefficient (Wildman–Crippen LogP) is 0.388. The lowest BCUT2D eigenvalue weighted by Crippen LogP contribution is -2.56. The van der Waals surface area contributed by atoms with Crippen LogP contribution in [-0.4, -0.2) is 25.3 Å². The first kappa shape index (κ1) is 7.15. The summed E-state index contributed by atoms with van der Waals surface area (Å²) in [6.07, 6.45) is 6.50. The van der Waals surface area contributed by atoms with E-state index in [0.29, 0.717) is 0 Å². The number of terminal acetylenes is 1. The van der Waals surface area contributed by atoms with Gasteiger partial charge in [0.1, 0.15) is 0 Å². The van der Waals surface area contributed by atoms with Gasteiger partial charge in [-0.25, -0.2) is 0 Å². The monoisotopic (exact) mass is 151 g/mol. The quantitative estimate of drug-likeness (QED) is 0.506. The molecule has 0 aromatic heterocycles. The van der Waals surface area contributed by atoms with Crippen molar-refractivity contribution in [1.29, 1.82) is 0 Å². The van der Waals surface area contributed by atoms with E-state index in [4.69, 9.17) is 11.2 Å². The maximum atomic E-state index is 5.44. The molecule has 2 rings (SSSR count). The highest BCUT2D eigenvalue weighted by atomic mass is 16.5. The molecular formula is C9H13NO. The van der Waals surface area contributed by atoms with E-state index in [0.717, 1.165) is 26.2 Å². The van der Waals surface area contributed by atoms with Crippen LogP contribution >= 0.6 is 0 Å². The third-order valence-corrected chi connectivity index (χ3v) is 2.69. The van der Waals surface area contributed by atoms with E-state index in [2.05, 4.69) is 18.2 Å². The highest BCUT2D eigenvalue weighted by Gasteiger charge is 2.49. The summed E-state index contributed by atoms with van der Waals surface area (Å²) >= 11 is 0. The molecule has 1 N–H and O–H groups in total. The third kappa shape index (κ3) is 0.962. The number of rotatable bonds is 0. The van der Waals surface area contributed by atoms with Crippen LogP contribution in [0.3, 0.4) is 0 Å². The minimum atomic E-state index is 0.0593. The summed E-state index contributed by atoms with van der Waals surface area (Å²) in [4.78, 5) is 0. The Balaban J connectivity index is 2.09. The molecule has 2 fully saturated rings. The number of hydrogen-bond acceptors (Lipinski definition) is 2. The Bertz CT molecular complexity index is 214. The largest absolute Gasteiger partial charge is 0.377 e. The maximum Gasteiger partial charge on any atom is 0.0672 e. The molecule has 2 aliphatic heterocycles. The van der Waals surface area contributed by atoms with E-state index in [1.165, 1.54) is 0 Å². The van der Waals surface area contributed by atoms with Gasteiger partial charge in [0.05, 0.1) is 18.8 Å². The summed E-state index contributed by atoms with van der Waals surface area (Å²) in [5.41, 5.74) is 0.297. The lowest BCUT2D eigenvalue weighted by molar-refractivity contribution is -0.0669. The molecule has 1 atom stereocenters. The van der Waals surface area contributed by atoms with Crippen LogP contribution in [0.4, 0.5) is 0 Å². The van der Waals surface area contributed by atoms with Gasteiger partial charge in [-0.15, -0.1) is 6.42 Å². The van der Waals surface area contributed by atoms with Gasteiger partial charge in [-0.1, -0.05) is 5.92 Å². The van der Waals surface area contributed by atoms with Crippen molar-refractivity contribution >= 4 is 0 Å². The normalized spacial score (nSPS) is 40.0. The molecule has 0 aliphatic carbocycles. The van der Waals surface area contributed by atoms with Gasteiger partial charge in [-0.2, -0.15) is 0 Å². The highest BCUT2D eigenvalue weighted by molar-refractivity contribution is 5.16. The first-order valence-electron chi connectivity index (χ1n) is 3.99. The second-order valence-corrected chi connectivity index (χ2v) is 4.01. The molecule has 2 saturated heterocycles. The second-order valence-electron chi connectivity index (χ2n) is 4.01. The third-order valence-electron chi connectivity index (χ3n) is 2.69. The molecule has 0 radical (unpaired) electrons. The summed E-state index contributed by atoms with van der Waals surface area (Å²) in [5.74, 6) is 2.85. The number of ether oxygens (including phenoxy) is 1. The van der Waals surface area contributed by atoms with Gasteiger partial charge in [0.2, 0.25) is 0 Å². The SMILES string of the molecule is C#CC1(C)CNC2(COC2)C1. The van der Waals surface area contributed by atoms with Crippen molar-refractivity contribution in [2.75, 3.05) is 19.8 Å². The Hall–Kier alpha value is -0.520. The Morgan fingerprint density at radius 1 is 1.55 bits per heavy atom. The first-order valence-corrected chi connectivity index (χ1v) is 3.99. The fourth-order valence-corrected chi connectivity index (χ4v) is 1.91. The van der Waals surface area contributed by atoms with Crippen molar-refractivity contribution in [3.8, 4) is 12.3 Å². The van der Waals surface area contributed by atoms with Crippen LogP contribution in [0.1, 0.15) is 13.3 Å². The molecular weight excluding hydrogens is 138 g/mol. The molecule has 2 aliphatic rings.